The molecule has 0 atom stereocenters. The van der Waals surface area contributed by atoms with Gasteiger partial charge in [-0.15, -0.1) is 5.10 Å². The third kappa shape index (κ3) is 2.51. The zero-order valence-electron chi connectivity index (χ0n) is 6.14. The fourth-order valence-electron chi connectivity index (χ4n) is 0.753. The summed E-state index contributed by atoms with van der Waals surface area (Å²) in [4.78, 5) is 0. The van der Waals surface area contributed by atoms with Crippen LogP contribution < -0.4 is 0 Å². The molecular formula is C6H11N3OS. The van der Waals surface area contributed by atoms with Gasteiger partial charge in [0.15, 0.2) is 0 Å². The Morgan fingerprint density at radius 3 is 3.00 bits per heavy atom. The number of thiol groups is 1. The van der Waals surface area contributed by atoms with E-state index in [1.807, 2.05) is 0 Å². The van der Waals surface area contributed by atoms with Crippen molar-refractivity contribution >= 4 is 12.6 Å². The van der Waals surface area contributed by atoms with Gasteiger partial charge in [0.2, 0.25) is 0 Å². The Labute approximate surface area is 70.6 Å². The monoisotopic (exact) mass is 173 g/mol. The van der Waals surface area contributed by atoms with Gasteiger partial charge in [-0.05, 0) is 12.2 Å². The van der Waals surface area contributed by atoms with Crippen LogP contribution in [0.4, 0.5) is 0 Å². The lowest BCUT2D eigenvalue weighted by atomic mass is 10.5. The molecule has 5 heteroatoms. The van der Waals surface area contributed by atoms with E-state index in [1.54, 1.807) is 10.9 Å². The summed E-state index contributed by atoms with van der Waals surface area (Å²) in [5, 5.41) is 16.2. The second-order valence-corrected chi connectivity index (χ2v) is 2.66. The van der Waals surface area contributed by atoms with Crippen molar-refractivity contribution in [2.75, 3.05) is 5.75 Å². The normalized spacial score (nSPS) is 10.4. The van der Waals surface area contributed by atoms with E-state index in [-0.39, 0.29) is 6.61 Å². The van der Waals surface area contributed by atoms with Gasteiger partial charge in [0.1, 0.15) is 5.69 Å². The molecule has 0 saturated heterocycles. The molecule has 1 N–H and O–H groups in total. The van der Waals surface area contributed by atoms with Crippen molar-refractivity contribution in [3.8, 4) is 0 Å². The summed E-state index contributed by atoms with van der Waals surface area (Å²) >= 11 is 4.07. The summed E-state index contributed by atoms with van der Waals surface area (Å²) in [6, 6.07) is 0. The van der Waals surface area contributed by atoms with Gasteiger partial charge in [-0.25, -0.2) is 0 Å². The standard InChI is InChI=1S/C6H11N3OS/c10-5-6-4-9(8-7-6)2-1-3-11/h4,10-11H,1-3,5H2. The van der Waals surface area contributed by atoms with E-state index in [2.05, 4.69) is 22.9 Å². The SMILES string of the molecule is OCc1cn(CCCS)nn1. The fourth-order valence-corrected chi connectivity index (χ4v) is 0.894. The van der Waals surface area contributed by atoms with E-state index in [0.717, 1.165) is 18.7 Å². The van der Waals surface area contributed by atoms with Crippen molar-refractivity contribution in [2.24, 2.45) is 0 Å². The zero-order chi connectivity index (χ0) is 8.10. The Bertz CT molecular complexity index is 213. The van der Waals surface area contributed by atoms with E-state index < -0.39 is 0 Å². The Kier molecular flexibility index (Phi) is 3.38. The van der Waals surface area contributed by atoms with E-state index in [1.165, 1.54) is 0 Å². The minimum absolute atomic E-state index is 0.0408. The van der Waals surface area contributed by atoms with Crippen molar-refractivity contribution in [3.05, 3.63) is 11.9 Å². The summed E-state index contributed by atoms with van der Waals surface area (Å²) in [5.41, 5.74) is 0.615. The summed E-state index contributed by atoms with van der Waals surface area (Å²) in [5.74, 6) is 0.842. The average Bonchev–Trinajstić information content (AvgIpc) is 2.48. The first-order valence-corrected chi connectivity index (χ1v) is 4.11. The number of nitrogens with zero attached hydrogens (tertiary/aromatic N) is 3. The molecule has 0 spiro atoms. The van der Waals surface area contributed by atoms with Crippen LogP contribution in [0.3, 0.4) is 0 Å². The highest BCUT2D eigenvalue weighted by Gasteiger charge is 1.96. The first-order valence-electron chi connectivity index (χ1n) is 3.47. The van der Waals surface area contributed by atoms with Gasteiger partial charge in [-0.3, -0.25) is 4.68 Å². The van der Waals surface area contributed by atoms with Gasteiger partial charge < -0.3 is 5.11 Å². The number of hydrogen-bond acceptors (Lipinski definition) is 4. The Morgan fingerprint density at radius 2 is 2.45 bits per heavy atom. The third-order valence-corrected chi connectivity index (χ3v) is 1.61. The molecule has 1 aromatic rings. The molecule has 1 aromatic heterocycles. The van der Waals surface area contributed by atoms with Crippen molar-refractivity contribution in [3.63, 3.8) is 0 Å². The Hall–Kier alpha value is -0.550. The highest BCUT2D eigenvalue weighted by molar-refractivity contribution is 7.80. The van der Waals surface area contributed by atoms with Crippen LogP contribution in [0.1, 0.15) is 12.1 Å². The van der Waals surface area contributed by atoms with Crippen LogP contribution in [-0.4, -0.2) is 25.9 Å². The molecule has 1 rings (SSSR count). The smallest absolute Gasteiger partial charge is 0.108 e. The quantitative estimate of drug-likeness (QED) is 0.634. The highest BCUT2D eigenvalue weighted by atomic mass is 32.1. The second kappa shape index (κ2) is 4.35. The van der Waals surface area contributed by atoms with Crippen LogP contribution in [-0.2, 0) is 13.2 Å². The summed E-state index contributed by atoms with van der Waals surface area (Å²) < 4.78 is 1.71. The lowest BCUT2D eigenvalue weighted by Crippen LogP contribution is -1.98. The van der Waals surface area contributed by atoms with E-state index >= 15 is 0 Å². The van der Waals surface area contributed by atoms with Crippen molar-refractivity contribution in [1.82, 2.24) is 15.0 Å². The molecule has 0 amide bonds. The lowest BCUT2D eigenvalue weighted by molar-refractivity contribution is 0.276. The van der Waals surface area contributed by atoms with Crippen molar-refractivity contribution in [1.29, 1.82) is 0 Å². The molecule has 0 unspecified atom stereocenters. The van der Waals surface area contributed by atoms with Crippen LogP contribution >= 0.6 is 12.6 Å². The molecule has 0 saturated carbocycles. The molecule has 0 bridgehead atoms. The maximum atomic E-state index is 8.65. The molecule has 0 aliphatic carbocycles. The highest BCUT2D eigenvalue weighted by Crippen LogP contribution is 1.94. The van der Waals surface area contributed by atoms with Crippen LogP contribution in [0.15, 0.2) is 6.20 Å². The summed E-state index contributed by atoms with van der Waals surface area (Å²) in [6.45, 7) is 0.775. The lowest BCUT2D eigenvalue weighted by Gasteiger charge is -1.94. The van der Waals surface area contributed by atoms with Crippen LogP contribution in [0.2, 0.25) is 0 Å². The van der Waals surface area contributed by atoms with Crippen molar-refractivity contribution < 1.29 is 5.11 Å². The summed E-state index contributed by atoms with van der Waals surface area (Å²) in [6.07, 6.45) is 2.71. The molecule has 1 heterocycles. The zero-order valence-corrected chi connectivity index (χ0v) is 7.04. The maximum absolute atomic E-state index is 8.65. The van der Waals surface area contributed by atoms with E-state index in [0.29, 0.717) is 5.69 Å². The van der Waals surface area contributed by atoms with Crippen LogP contribution in [0.5, 0.6) is 0 Å². The van der Waals surface area contributed by atoms with E-state index in [9.17, 15) is 0 Å². The molecule has 11 heavy (non-hydrogen) atoms. The largest absolute Gasteiger partial charge is 0.390 e. The third-order valence-electron chi connectivity index (χ3n) is 1.29. The molecule has 0 aliphatic rings. The van der Waals surface area contributed by atoms with E-state index in [4.69, 9.17) is 5.11 Å². The number of hydrogen-bond donors (Lipinski definition) is 2. The number of aliphatic hydroxyl groups excluding tert-OH is 1. The molecular weight excluding hydrogens is 162 g/mol. The number of aliphatic hydroxyl groups is 1. The fraction of sp³-hybridized carbons (Fsp3) is 0.667. The maximum Gasteiger partial charge on any atom is 0.108 e. The summed E-state index contributed by atoms with van der Waals surface area (Å²) in [7, 11) is 0. The molecule has 62 valence electrons. The number of aryl methyl sites for hydroxylation is 1. The first-order chi connectivity index (χ1) is 5.36. The van der Waals surface area contributed by atoms with Gasteiger partial charge in [0.05, 0.1) is 12.8 Å². The van der Waals surface area contributed by atoms with Gasteiger partial charge in [0.25, 0.3) is 0 Å². The number of aromatic nitrogens is 3. The van der Waals surface area contributed by atoms with Gasteiger partial charge in [-0.2, -0.15) is 12.6 Å². The average molecular weight is 173 g/mol. The topological polar surface area (TPSA) is 50.9 Å². The first kappa shape index (κ1) is 8.55. The van der Waals surface area contributed by atoms with Crippen molar-refractivity contribution in [2.45, 2.75) is 19.6 Å². The van der Waals surface area contributed by atoms with Gasteiger partial charge in [0, 0.05) is 6.54 Å². The molecule has 0 radical (unpaired) electrons. The van der Waals surface area contributed by atoms with Gasteiger partial charge in [-0.1, -0.05) is 5.21 Å². The minimum Gasteiger partial charge on any atom is -0.390 e. The van der Waals surface area contributed by atoms with Crippen LogP contribution in [0.25, 0.3) is 0 Å². The van der Waals surface area contributed by atoms with Crippen LogP contribution in [0, 0.1) is 0 Å². The minimum atomic E-state index is -0.0408. The number of rotatable bonds is 4. The predicted molar refractivity (Wildman–Crippen MR) is 44.4 cm³/mol. The Morgan fingerprint density at radius 1 is 1.64 bits per heavy atom. The second-order valence-electron chi connectivity index (χ2n) is 2.21. The molecule has 0 fully saturated rings. The predicted octanol–water partition coefficient (Wildman–Crippen LogP) is 0.0903. The molecule has 4 nitrogen and oxygen atoms in total. The molecule has 0 aliphatic heterocycles. The molecule has 0 aromatic carbocycles. The Balaban J connectivity index is 2.44. The van der Waals surface area contributed by atoms with Gasteiger partial charge >= 0.3 is 0 Å².